The first-order chi connectivity index (χ1) is 11.7. The number of guanidine groups is 1. The molecule has 0 spiro atoms. The molecule has 2 N–H and O–H groups in total. The van der Waals surface area contributed by atoms with E-state index in [0.717, 1.165) is 42.3 Å². The molecular formula is C18H25FN4S. The van der Waals surface area contributed by atoms with Crippen molar-refractivity contribution in [2.24, 2.45) is 4.99 Å². The minimum absolute atomic E-state index is 0.192. The summed E-state index contributed by atoms with van der Waals surface area (Å²) in [5.41, 5.74) is 0.980. The highest BCUT2D eigenvalue weighted by molar-refractivity contribution is 7.11. The average molecular weight is 348 g/mol. The van der Waals surface area contributed by atoms with Crippen LogP contribution in [0, 0.1) is 5.82 Å². The predicted molar refractivity (Wildman–Crippen MR) is 99.3 cm³/mol. The van der Waals surface area contributed by atoms with Gasteiger partial charge in [-0.25, -0.2) is 9.37 Å². The van der Waals surface area contributed by atoms with Crippen molar-refractivity contribution < 1.29 is 4.39 Å². The maximum absolute atomic E-state index is 13.2. The highest BCUT2D eigenvalue weighted by Crippen LogP contribution is 2.13. The topological polar surface area (TPSA) is 49.3 Å². The lowest BCUT2D eigenvalue weighted by Gasteiger charge is -2.11. The Balaban J connectivity index is 1.79. The zero-order valence-electron chi connectivity index (χ0n) is 14.3. The summed E-state index contributed by atoms with van der Waals surface area (Å²) < 4.78 is 13.2. The molecular weight excluding hydrogens is 323 g/mol. The minimum Gasteiger partial charge on any atom is -0.357 e. The van der Waals surface area contributed by atoms with Gasteiger partial charge in [0.25, 0.3) is 0 Å². The Morgan fingerprint density at radius 3 is 2.83 bits per heavy atom. The van der Waals surface area contributed by atoms with Crippen molar-refractivity contribution in [3.63, 3.8) is 0 Å². The molecule has 0 amide bonds. The van der Waals surface area contributed by atoms with Crippen LogP contribution in [-0.4, -0.2) is 30.6 Å². The van der Waals surface area contributed by atoms with E-state index in [1.807, 2.05) is 19.2 Å². The maximum Gasteiger partial charge on any atom is 0.191 e. The van der Waals surface area contributed by atoms with Gasteiger partial charge in [0, 0.05) is 37.1 Å². The molecule has 0 aliphatic heterocycles. The molecule has 0 unspecified atom stereocenters. The van der Waals surface area contributed by atoms with Crippen LogP contribution >= 0.6 is 11.3 Å². The second-order valence-corrected chi connectivity index (χ2v) is 6.59. The number of nitrogens with one attached hydrogen (secondary N) is 2. The summed E-state index contributed by atoms with van der Waals surface area (Å²) in [6.07, 6.45) is 4.59. The van der Waals surface area contributed by atoms with Gasteiger partial charge in [-0.3, -0.25) is 4.99 Å². The normalized spacial score (nSPS) is 11.5. The maximum atomic E-state index is 13.2. The lowest BCUT2D eigenvalue weighted by atomic mass is 10.1. The van der Waals surface area contributed by atoms with Crippen molar-refractivity contribution in [3.8, 4) is 0 Å². The van der Waals surface area contributed by atoms with E-state index in [4.69, 9.17) is 0 Å². The molecule has 4 nitrogen and oxygen atoms in total. The molecule has 24 heavy (non-hydrogen) atoms. The molecule has 0 saturated heterocycles. The molecule has 0 aliphatic rings. The number of hydrogen-bond acceptors (Lipinski definition) is 3. The van der Waals surface area contributed by atoms with Crippen molar-refractivity contribution in [2.45, 2.75) is 33.1 Å². The number of rotatable bonds is 8. The zero-order valence-corrected chi connectivity index (χ0v) is 15.1. The van der Waals surface area contributed by atoms with E-state index in [9.17, 15) is 4.39 Å². The van der Waals surface area contributed by atoms with Crippen molar-refractivity contribution in [2.75, 3.05) is 19.6 Å². The molecule has 6 heteroatoms. The Labute approximate surface area is 147 Å². The fourth-order valence-corrected chi connectivity index (χ4v) is 3.10. The first-order valence-corrected chi connectivity index (χ1v) is 9.23. The van der Waals surface area contributed by atoms with E-state index in [-0.39, 0.29) is 5.82 Å². The highest BCUT2D eigenvalue weighted by Gasteiger charge is 2.02. The summed E-state index contributed by atoms with van der Waals surface area (Å²) in [6, 6.07) is 6.70. The quantitative estimate of drug-likeness (QED) is 0.569. The van der Waals surface area contributed by atoms with Crippen molar-refractivity contribution in [3.05, 3.63) is 51.7 Å². The minimum atomic E-state index is -0.192. The largest absolute Gasteiger partial charge is 0.357 e. The molecule has 0 atom stereocenters. The Hall–Kier alpha value is -1.95. The number of halogens is 1. The van der Waals surface area contributed by atoms with Gasteiger partial charge in [-0.15, -0.1) is 11.3 Å². The number of aliphatic imine (C=N–C) groups is 1. The standard InChI is InChI=1S/C18H25FN4S/c1-3-16-13-23-17(24-16)9-11-22-18(20-4-2)21-10-8-14-6-5-7-15(19)12-14/h5-7,12-13H,3-4,8-11H2,1-2H3,(H2,20,21,22). The molecule has 1 heterocycles. The third kappa shape index (κ3) is 6.28. The van der Waals surface area contributed by atoms with Crippen molar-refractivity contribution in [1.82, 2.24) is 15.6 Å². The van der Waals surface area contributed by atoms with Gasteiger partial charge < -0.3 is 10.6 Å². The highest BCUT2D eigenvalue weighted by atomic mass is 32.1. The molecule has 0 bridgehead atoms. The van der Waals surface area contributed by atoms with Gasteiger partial charge in [0.1, 0.15) is 5.82 Å². The number of thiazole rings is 1. The molecule has 2 rings (SSSR count). The van der Waals surface area contributed by atoms with E-state index >= 15 is 0 Å². The van der Waals surface area contributed by atoms with Crippen LogP contribution in [0.4, 0.5) is 4.39 Å². The van der Waals surface area contributed by atoms with E-state index < -0.39 is 0 Å². The lowest BCUT2D eigenvalue weighted by Crippen LogP contribution is -2.38. The first-order valence-electron chi connectivity index (χ1n) is 8.41. The van der Waals surface area contributed by atoms with Crippen LogP contribution in [-0.2, 0) is 19.3 Å². The van der Waals surface area contributed by atoms with Gasteiger partial charge in [-0.2, -0.15) is 0 Å². The number of hydrogen-bond donors (Lipinski definition) is 2. The number of aryl methyl sites for hydroxylation is 1. The van der Waals surface area contributed by atoms with E-state index in [0.29, 0.717) is 13.1 Å². The molecule has 0 saturated carbocycles. The van der Waals surface area contributed by atoms with Crippen molar-refractivity contribution in [1.29, 1.82) is 0 Å². The van der Waals surface area contributed by atoms with Crippen LogP contribution in [0.25, 0.3) is 0 Å². The molecule has 0 aliphatic carbocycles. The summed E-state index contributed by atoms with van der Waals surface area (Å²) >= 11 is 1.76. The van der Waals surface area contributed by atoms with Gasteiger partial charge in [0.05, 0.1) is 5.01 Å². The number of benzene rings is 1. The third-order valence-corrected chi connectivity index (χ3v) is 4.69. The third-order valence-electron chi connectivity index (χ3n) is 3.48. The molecule has 0 fully saturated rings. The number of nitrogens with zero attached hydrogens (tertiary/aromatic N) is 2. The molecule has 1 aromatic carbocycles. The number of aromatic nitrogens is 1. The van der Waals surface area contributed by atoms with E-state index in [1.165, 1.54) is 10.9 Å². The van der Waals surface area contributed by atoms with E-state index in [1.54, 1.807) is 23.5 Å². The first kappa shape index (κ1) is 18.4. The van der Waals surface area contributed by atoms with Crippen LogP contribution in [0.5, 0.6) is 0 Å². The Kier molecular flexibility index (Phi) is 7.68. The SMILES string of the molecule is CCNC(=NCCc1ncc(CC)s1)NCCc1cccc(F)c1. The van der Waals surface area contributed by atoms with Crippen LogP contribution in [0.15, 0.2) is 35.5 Å². The Morgan fingerprint density at radius 2 is 2.12 bits per heavy atom. The van der Waals surface area contributed by atoms with Gasteiger partial charge >= 0.3 is 0 Å². The zero-order chi connectivity index (χ0) is 17.2. The van der Waals surface area contributed by atoms with Gasteiger partial charge in [-0.05, 0) is 37.5 Å². The summed E-state index contributed by atoms with van der Waals surface area (Å²) in [6.45, 7) is 6.40. The van der Waals surface area contributed by atoms with Gasteiger partial charge in [0.2, 0.25) is 0 Å². The summed E-state index contributed by atoms with van der Waals surface area (Å²) in [4.78, 5) is 10.3. The average Bonchev–Trinajstić information content (AvgIpc) is 3.03. The van der Waals surface area contributed by atoms with Gasteiger partial charge in [0.15, 0.2) is 5.96 Å². The fourth-order valence-electron chi connectivity index (χ4n) is 2.25. The predicted octanol–water partition coefficient (Wildman–Crippen LogP) is 3.18. The molecule has 0 radical (unpaired) electrons. The van der Waals surface area contributed by atoms with Crippen LogP contribution in [0.1, 0.15) is 29.3 Å². The molecule has 130 valence electrons. The van der Waals surface area contributed by atoms with E-state index in [2.05, 4.69) is 27.5 Å². The Morgan fingerprint density at radius 1 is 1.25 bits per heavy atom. The molecule has 1 aromatic heterocycles. The van der Waals surface area contributed by atoms with Crippen molar-refractivity contribution >= 4 is 17.3 Å². The summed E-state index contributed by atoms with van der Waals surface area (Å²) in [5.74, 6) is 0.601. The second-order valence-electron chi connectivity index (χ2n) is 5.39. The fraction of sp³-hybridized carbons (Fsp3) is 0.444. The summed E-state index contributed by atoms with van der Waals surface area (Å²) in [7, 11) is 0. The smallest absolute Gasteiger partial charge is 0.191 e. The monoisotopic (exact) mass is 348 g/mol. The molecule has 2 aromatic rings. The van der Waals surface area contributed by atoms with Crippen LogP contribution in [0.2, 0.25) is 0 Å². The lowest BCUT2D eigenvalue weighted by molar-refractivity contribution is 0.625. The van der Waals surface area contributed by atoms with Gasteiger partial charge in [-0.1, -0.05) is 19.1 Å². The van der Waals surface area contributed by atoms with Crippen LogP contribution < -0.4 is 10.6 Å². The Bertz CT molecular complexity index is 654. The van der Waals surface area contributed by atoms with Crippen LogP contribution in [0.3, 0.4) is 0 Å². The second kappa shape index (κ2) is 10.0. The summed E-state index contributed by atoms with van der Waals surface area (Å²) in [5, 5.41) is 7.65.